The van der Waals surface area contributed by atoms with Gasteiger partial charge in [0.05, 0.1) is 0 Å². The summed E-state index contributed by atoms with van der Waals surface area (Å²) in [7, 11) is -1.51. The largest absolute Gasteiger partial charge is 0.488 e. The minimum atomic E-state index is -1.51. The lowest BCUT2D eigenvalue weighted by Gasteiger charge is -2.25. The van der Waals surface area contributed by atoms with Crippen LogP contribution in [0.5, 0.6) is 5.75 Å². The van der Waals surface area contributed by atoms with Crippen LogP contribution in [0.3, 0.4) is 0 Å². The fraction of sp³-hybridized carbons (Fsp3) is 0.267. The van der Waals surface area contributed by atoms with Crippen molar-refractivity contribution in [3.63, 3.8) is 0 Å². The van der Waals surface area contributed by atoms with Gasteiger partial charge in [-0.25, -0.2) is 0 Å². The summed E-state index contributed by atoms with van der Waals surface area (Å²) in [6.07, 6.45) is 4.53. The summed E-state index contributed by atoms with van der Waals surface area (Å²) in [5, 5.41) is 28.3. The highest BCUT2D eigenvalue weighted by Crippen LogP contribution is 2.20. The maximum absolute atomic E-state index is 10.3. The van der Waals surface area contributed by atoms with Crippen molar-refractivity contribution in [3.05, 3.63) is 54.4 Å². The summed E-state index contributed by atoms with van der Waals surface area (Å²) >= 11 is 0. The summed E-state index contributed by atoms with van der Waals surface area (Å²) in [6.45, 7) is 1.60. The second-order valence-electron chi connectivity index (χ2n) is 5.08. The minimum Gasteiger partial charge on any atom is -0.463 e. The number of aliphatic hydroxyl groups is 1. The van der Waals surface area contributed by atoms with Crippen LogP contribution in [-0.2, 0) is 6.42 Å². The number of pyridine rings is 1. The van der Waals surface area contributed by atoms with Gasteiger partial charge in [0.15, 0.2) is 0 Å². The highest BCUT2D eigenvalue weighted by molar-refractivity contribution is 6.58. The number of hydrogen-bond donors (Lipinski definition) is 3. The van der Waals surface area contributed by atoms with Crippen LogP contribution in [0.15, 0.2) is 48.8 Å². The molecular weight excluding hydrogens is 269 g/mol. The summed E-state index contributed by atoms with van der Waals surface area (Å²) in [5.41, 5.74) is 1.40. The molecule has 0 spiro atoms. The summed E-state index contributed by atoms with van der Waals surface area (Å²) in [6, 6.07) is 10.1. The van der Waals surface area contributed by atoms with Gasteiger partial charge in [-0.15, -0.1) is 0 Å². The Morgan fingerprint density at radius 3 is 2.48 bits per heavy atom. The summed E-state index contributed by atoms with van der Waals surface area (Å²) in [5.74, 6) is -0.842. The number of hydrogen-bond acceptors (Lipinski definition) is 5. The summed E-state index contributed by atoms with van der Waals surface area (Å²) in [4.78, 5) is 4.03. The molecule has 0 bridgehead atoms. The van der Waals surface area contributed by atoms with Crippen molar-refractivity contribution in [1.29, 1.82) is 0 Å². The van der Waals surface area contributed by atoms with Gasteiger partial charge >= 0.3 is 7.12 Å². The molecule has 1 atom stereocenters. The lowest BCUT2D eigenvalue weighted by atomic mass is 9.80. The normalized spacial score (nSPS) is 13.5. The lowest BCUT2D eigenvalue weighted by molar-refractivity contribution is -0.126. The predicted octanol–water partition coefficient (Wildman–Crippen LogP) is 0.481. The zero-order chi connectivity index (χ0) is 15.3. The third-order valence-electron chi connectivity index (χ3n) is 3.12. The van der Waals surface area contributed by atoms with E-state index in [0.29, 0.717) is 24.1 Å². The molecule has 1 aromatic heterocycles. The van der Waals surface area contributed by atoms with Crippen molar-refractivity contribution in [1.82, 2.24) is 4.98 Å². The van der Waals surface area contributed by atoms with Crippen LogP contribution >= 0.6 is 0 Å². The molecule has 5 nitrogen and oxygen atoms in total. The standard InChI is InChI=1S/C15H18BNO4/c1-15(18,9-8-12-3-2-10-17-11-12)21-14-6-4-13(5-7-14)16(19)20/h2-7,10-11,18-20H,8-9H2,1H3/t15-/m1/s1. The molecule has 1 aromatic carbocycles. The molecule has 0 saturated heterocycles. The van der Waals surface area contributed by atoms with Crippen molar-refractivity contribution in [3.8, 4) is 5.75 Å². The number of rotatable bonds is 6. The number of ether oxygens (including phenoxy) is 1. The molecule has 6 heteroatoms. The maximum Gasteiger partial charge on any atom is 0.488 e. The molecule has 3 N–H and O–H groups in total. The Hall–Kier alpha value is -1.89. The van der Waals surface area contributed by atoms with Crippen LogP contribution in [0.2, 0.25) is 0 Å². The number of benzene rings is 1. The molecule has 2 aromatic rings. The van der Waals surface area contributed by atoms with Gasteiger partial charge < -0.3 is 19.9 Å². The van der Waals surface area contributed by atoms with E-state index in [9.17, 15) is 5.11 Å². The fourth-order valence-electron chi connectivity index (χ4n) is 1.94. The zero-order valence-corrected chi connectivity index (χ0v) is 11.8. The van der Waals surface area contributed by atoms with E-state index >= 15 is 0 Å². The van der Waals surface area contributed by atoms with Crippen LogP contribution < -0.4 is 10.2 Å². The van der Waals surface area contributed by atoms with E-state index in [2.05, 4.69) is 4.98 Å². The van der Waals surface area contributed by atoms with Crippen LogP contribution in [0.25, 0.3) is 0 Å². The molecule has 1 heterocycles. The van der Waals surface area contributed by atoms with E-state index in [4.69, 9.17) is 14.8 Å². The first-order valence-electron chi connectivity index (χ1n) is 6.73. The SMILES string of the molecule is C[C@](O)(CCc1cccnc1)Oc1ccc(B(O)O)cc1. The van der Waals surface area contributed by atoms with Crippen LogP contribution in [0.4, 0.5) is 0 Å². The Bertz CT molecular complexity index is 558. The zero-order valence-electron chi connectivity index (χ0n) is 11.8. The first-order valence-corrected chi connectivity index (χ1v) is 6.73. The molecule has 0 unspecified atom stereocenters. The van der Waals surface area contributed by atoms with Gasteiger partial charge in [-0.05, 0) is 35.6 Å². The maximum atomic E-state index is 10.3. The Morgan fingerprint density at radius 1 is 1.19 bits per heavy atom. The van der Waals surface area contributed by atoms with Gasteiger partial charge in [0, 0.05) is 25.7 Å². The molecule has 0 amide bonds. The molecule has 0 fully saturated rings. The van der Waals surface area contributed by atoms with Crippen molar-refractivity contribution < 1.29 is 19.9 Å². The van der Waals surface area contributed by atoms with Crippen LogP contribution in [0.1, 0.15) is 18.9 Å². The summed E-state index contributed by atoms with van der Waals surface area (Å²) < 4.78 is 5.53. The lowest BCUT2D eigenvalue weighted by Crippen LogP contribution is -2.33. The smallest absolute Gasteiger partial charge is 0.463 e. The monoisotopic (exact) mass is 287 g/mol. The number of aryl methyl sites for hydroxylation is 1. The van der Waals surface area contributed by atoms with Gasteiger partial charge in [0.25, 0.3) is 0 Å². The minimum absolute atomic E-state index is 0.373. The molecule has 0 aliphatic heterocycles. The Labute approximate surface area is 124 Å². The molecule has 0 radical (unpaired) electrons. The fourth-order valence-corrected chi connectivity index (χ4v) is 1.94. The third-order valence-corrected chi connectivity index (χ3v) is 3.12. The second-order valence-corrected chi connectivity index (χ2v) is 5.08. The average molecular weight is 287 g/mol. The van der Waals surface area contributed by atoms with E-state index in [1.165, 1.54) is 12.1 Å². The highest BCUT2D eigenvalue weighted by atomic mass is 16.6. The van der Waals surface area contributed by atoms with Gasteiger partial charge in [-0.3, -0.25) is 4.98 Å². The Kier molecular flexibility index (Phi) is 4.96. The van der Waals surface area contributed by atoms with E-state index < -0.39 is 12.9 Å². The van der Waals surface area contributed by atoms with Crippen molar-refractivity contribution in [2.45, 2.75) is 25.6 Å². The van der Waals surface area contributed by atoms with Crippen molar-refractivity contribution in [2.24, 2.45) is 0 Å². The van der Waals surface area contributed by atoms with Crippen molar-refractivity contribution in [2.75, 3.05) is 0 Å². The number of nitrogens with zero attached hydrogens (tertiary/aromatic N) is 1. The van der Waals surface area contributed by atoms with E-state index in [1.54, 1.807) is 31.5 Å². The third kappa shape index (κ3) is 4.86. The number of aromatic nitrogens is 1. The highest BCUT2D eigenvalue weighted by Gasteiger charge is 2.22. The molecule has 0 saturated carbocycles. The molecule has 0 aliphatic carbocycles. The van der Waals surface area contributed by atoms with Crippen LogP contribution in [0, 0.1) is 0 Å². The molecule has 0 aliphatic rings. The van der Waals surface area contributed by atoms with E-state index in [1.807, 2.05) is 12.1 Å². The average Bonchev–Trinajstić information content (AvgIpc) is 2.46. The van der Waals surface area contributed by atoms with Gasteiger partial charge in [0.1, 0.15) is 5.75 Å². The van der Waals surface area contributed by atoms with E-state index in [-0.39, 0.29) is 0 Å². The second kappa shape index (κ2) is 6.71. The van der Waals surface area contributed by atoms with Gasteiger partial charge in [0.2, 0.25) is 5.79 Å². The topological polar surface area (TPSA) is 82.8 Å². The van der Waals surface area contributed by atoms with Gasteiger partial charge in [-0.1, -0.05) is 18.2 Å². The molecule has 21 heavy (non-hydrogen) atoms. The van der Waals surface area contributed by atoms with Crippen molar-refractivity contribution >= 4 is 12.6 Å². The predicted molar refractivity (Wildman–Crippen MR) is 80.1 cm³/mol. The Balaban J connectivity index is 1.93. The van der Waals surface area contributed by atoms with Gasteiger partial charge in [-0.2, -0.15) is 0 Å². The Morgan fingerprint density at radius 2 is 1.90 bits per heavy atom. The first-order chi connectivity index (χ1) is 9.96. The first kappa shape index (κ1) is 15.5. The molecule has 2 rings (SSSR count). The molecular formula is C15H18BNO4. The molecule has 110 valence electrons. The van der Waals surface area contributed by atoms with E-state index in [0.717, 1.165) is 5.56 Å². The quantitative estimate of drug-likeness (QED) is 0.532. The van der Waals surface area contributed by atoms with Crippen LogP contribution in [-0.4, -0.2) is 33.0 Å².